The fourth-order valence-corrected chi connectivity index (χ4v) is 4.22. The smallest absolute Gasteiger partial charge is 0.227 e. The SMILES string of the molecule is CC(C)c1noc(CCC(=O)N2CCO[C@](COc3ccc(F)cc3)(CC(=O)N3CCOCC3)C2)n1. The minimum Gasteiger partial charge on any atom is -0.490 e. The van der Waals surface area contributed by atoms with Crippen molar-refractivity contribution in [3.05, 3.63) is 41.8 Å². The normalized spacial score (nSPS) is 20.6. The molecular weight excluding hydrogens is 471 g/mol. The summed E-state index contributed by atoms with van der Waals surface area (Å²) < 4.78 is 36.0. The summed E-state index contributed by atoms with van der Waals surface area (Å²) >= 11 is 0. The van der Waals surface area contributed by atoms with E-state index < -0.39 is 5.60 Å². The molecule has 1 atom stereocenters. The summed E-state index contributed by atoms with van der Waals surface area (Å²) in [6.45, 7) is 6.87. The first-order chi connectivity index (χ1) is 17.3. The molecule has 3 heterocycles. The van der Waals surface area contributed by atoms with Gasteiger partial charge in [-0.05, 0) is 24.3 Å². The van der Waals surface area contributed by atoms with Crippen LogP contribution in [0.1, 0.15) is 44.3 Å². The molecule has 11 heteroatoms. The minimum atomic E-state index is -1.03. The molecule has 1 aromatic carbocycles. The predicted octanol–water partition coefficient (Wildman–Crippen LogP) is 2.19. The number of rotatable bonds is 9. The molecule has 2 fully saturated rings. The number of hydrogen-bond acceptors (Lipinski definition) is 8. The van der Waals surface area contributed by atoms with Crippen molar-refractivity contribution in [2.45, 2.75) is 44.6 Å². The fourth-order valence-electron chi connectivity index (χ4n) is 4.22. The van der Waals surface area contributed by atoms with E-state index in [-0.39, 0.29) is 56.1 Å². The van der Waals surface area contributed by atoms with Crippen LogP contribution in [0.25, 0.3) is 0 Å². The van der Waals surface area contributed by atoms with Crippen LogP contribution in [0, 0.1) is 5.82 Å². The van der Waals surface area contributed by atoms with Crippen molar-refractivity contribution in [3.8, 4) is 5.75 Å². The third kappa shape index (κ3) is 6.79. The van der Waals surface area contributed by atoms with Crippen molar-refractivity contribution in [1.29, 1.82) is 0 Å². The number of carbonyl (C=O) groups is 2. The highest BCUT2D eigenvalue weighted by Crippen LogP contribution is 2.26. The van der Waals surface area contributed by atoms with E-state index in [2.05, 4.69) is 10.1 Å². The Kier molecular flexibility index (Phi) is 8.52. The number of amides is 2. The van der Waals surface area contributed by atoms with Crippen LogP contribution in [0.2, 0.25) is 0 Å². The van der Waals surface area contributed by atoms with Gasteiger partial charge in [-0.3, -0.25) is 9.59 Å². The second-order valence-electron chi connectivity index (χ2n) is 9.46. The Balaban J connectivity index is 1.43. The molecule has 2 saturated heterocycles. The average molecular weight is 505 g/mol. The third-order valence-corrected chi connectivity index (χ3v) is 6.31. The van der Waals surface area contributed by atoms with Gasteiger partial charge in [0.15, 0.2) is 5.82 Å². The molecule has 0 N–H and O–H groups in total. The number of morpholine rings is 2. The van der Waals surface area contributed by atoms with Gasteiger partial charge in [0, 0.05) is 38.4 Å². The fraction of sp³-hybridized carbons (Fsp3) is 0.600. The molecular formula is C25H33FN4O6. The summed E-state index contributed by atoms with van der Waals surface area (Å²) in [5, 5.41) is 3.94. The van der Waals surface area contributed by atoms with E-state index in [9.17, 15) is 14.0 Å². The van der Waals surface area contributed by atoms with Crippen molar-refractivity contribution >= 4 is 11.8 Å². The molecule has 2 aliphatic heterocycles. The number of aryl methyl sites for hydroxylation is 1. The Hall–Kier alpha value is -3.05. The lowest BCUT2D eigenvalue weighted by atomic mass is 9.96. The summed E-state index contributed by atoms with van der Waals surface area (Å²) in [5.41, 5.74) is -1.03. The van der Waals surface area contributed by atoms with Gasteiger partial charge >= 0.3 is 0 Å². The van der Waals surface area contributed by atoms with E-state index in [0.717, 1.165) is 0 Å². The number of halogens is 1. The second-order valence-corrected chi connectivity index (χ2v) is 9.46. The van der Waals surface area contributed by atoms with Gasteiger partial charge in [-0.15, -0.1) is 0 Å². The number of benzene rings is 1. The molecule has 0 saturated carbocycles. The Labute approximate surface area is 209 Å². The van der Waals surface area contributed by atoms with Gasteiger partial charge < -0.3 is 28.5 Å². The predicted molar refractivity (Wildman–Crippen MR) is 126 cm³/mol. The first-order valence-electron chi connectivity index (χ1n) is 12.3. The van der Waals surface area contributed by atoms with Gasteiger partial charge in [0.2, 0.25) is 17.7 Å². The first-order valence-corrected chi connectivity index (χ1v) is 12.3. The number of aromatic nitrogens is 2. The van der Waals surface area contributed by atoms with Gasteiger partial charge in [-0.1, -0.05) is 19.0 Å². The van der Waals surface area contributed by atoms with Gasteiger partial charge in [0.1, 0.15) is 23.8 Å². The number of nitrogens with zero attached hydrogens (tertiary/aromatic N) is 4. The third-order valence-electron chi connectivity index (χ3n) is 6.31. The van der Waals surface area contributed by atoms with Crippen molar-refractivity contribution < 1.29 is 32.7 Å². The molecule has 0 unspecified atom stereocenters. The van der Waals surface area contributed by atoms with Crippen LogP contribution in [0.5, 0.6) is 5.75 Å². The van der Waals surface area contributed by atoms with E-state index in [1.165, 1.54) is 24.3 Å². The van der Waals surface area contributed by atoms with Crippen LogP contribution in [0.3, 0.4) is 0 Å². The molecule has 2 aromatic rings. The molecule has 36 heavy (non-hydrogen) atoms. The minimum absolute atomic E-state index is 0.0416. The summed E-state index contributed by atoms with van der Waals surface area (Å²) in [4.78, 5) is 34.0. The summed E-state index contributed by atoms with van der Waals surface area (Å²) in [6, 6.07) is 5.66. The number of hydrogen-bond donors (Lipinski definition) is 0. The lowest BCUT2D eigenvalue weighted by Crippen LogP contribution is -2.58. The largest absolute Gasteiger partial charge is 0.490 e. The second kappa shape index (κ2) is 11.8. The topological polar surface area (TPSA) is 107 Å². The zero-order valence-corrected chi connectivity index (χ0v) is 20.8. The Bertz CT molecular complexity index is 1020. The molecule has 2 amide bonds. The van der Waals surface area contributed by atoms with Gasteiger partial charge in [-0.2, -0.15) is 4.98 Å². The molecule has 0 bridgehead atoms. The highest BCUT2D eigenvalue weighted by molar-refractivity contribution is 5.79. The monoisotopic (exact) mass is 504 g/mol. The maximum Gasteiger partial charge on any atom is 0.227 e. The van der Waals surface area contributed by atoms with E-state index in [1.54, 1.807) is 9.80 Å². The molecule has 1 aromatic heterocycles. The molecule has 10 nitrogen and oxygen atoms in total. The summed E-state index contributed by atoms with van der Waals surface area (Å²) in [6.07, 6.45) is 0.590. The van der Waals surface area contributed by atoms with Crippen LogP contribution in [-0.2, 0) is 25.5 Å². The number of ether oxygens (including phenoxy) is 3. The van der Waals surface area contributed by atoms with E-state index in [4.69, 9.17) is 18.7 Å². The van der Waals surface area contributed by atoms with Gasteiger partial charge in [0.25, 0.3) is 0 Å². The van der Waals surface area contributed by atoms with Crippen molar-refractivity contribution in [2.75, 3.05) is 52.6 Å². The van der Waals surface area contributed by atoms with E-state index >= 15 is 0 Å². The number of carbonyl (C=O) groups excluding carboxylic acids is 2. The molecule has 0 spiro atoms. The van der Waals surface area contributed by atoms with Crippen LogP contribution in [-0.4, -0.2) is 90.0 Å². The zero-order chi connectivity index (χ0) is 25.5. The quantitative estimate of drug-likeness (QED) is 0.512. The summed E-state index contributed by atoms with van der Waals surface area (Å²) in [5.74, 6) is 1.10. The average Bonchev–Trinajstić information content (AvgIpc) is 3.37. The van der Waals surface area contributed by atoms with Crippen LogP contribution in [0.4, 0.5) is 4.39 Å². The standard InChI is InChI=1S/C25H33FN4O6/c1-18(2)24-27-21(36-28-24)7-8-22(31)30-11-14-35-25(16-30,15-23(32)29-9-12-33-13-10-29)17-34-20-5-3-19(26)4-6-20/h3-6,18H,7-17H2,1-2H3/t25-/m1/s1. The lowest BCUT2D eigenvalue weighted by molar-refractivity contribution is -0.167. The Morgan fingerprint density at radius 1 is 1.08 bits per heavy atom. The Morgan fingerprint density at radius 3 is 2.50 bits per heavy atom. The zero-order valence-electron chi connectivity index (χ0n) is 20.8. The molecule has 196 valence electrons. The van der Waals surface area contributed by atoms with Gasteiger partial charge in [0.05, 0.1) is 32.8 Å². The van der Waals surface area contributed by atoms with Crippen LogP contribution < -0.4 is 4.74 Å². The maximum absolute atomic E-state index is 13.3. The van der Waals surface area contributed by atoms with E-state index in [0.29, 0.717) is 56.7 Å². The molecule has 4 rings (SSSR count). The van der Waals surface area contributed by atoms with Crippen LogP contribution >= 0.6 is 0 Å². The van der Waals surface area contributed by atoms with Crippen molar-refractivity contribution in [2.24, 2.45) is 0 Å². The molecule has 0 aliphatic carbocycles. The van der Waals surface area contributed by atoms with E-state index in [1.807, 2.05) is 13.8 Å². The van der Waals surface area contributed by atoms with Crippen molar-refractivity contribution in [1.82, 2.24) is 19.9 Å². The molecule has 0 radical (unpaired) electrons. The maximum atomic E-state index is 13.3. The Morgan fingerprint density at radius 2 is 1.81 bits per heavy atom. The highest BCUT2D eigenvalue weighted by atomic mass is 19.1. The lowest BCUT2D eigenvalue weighted by Gasteiger charge is -2.43. The van der Waals surface area contributed by atoms with Crippen molar-refractivity contribution in [3.63, 3.8) is 0 Å². The summed E-state index contributed by atoms with van der Waals surface area (Å²) in [7, 11) is 0. The molecule has 2 aliphatic rings. The van der Waals surface area contributed by atoms with Crippen LogP contribution in [0.15, 0.2) is 28.8 Å². The highest BCUT2D eigenvalue weighted by Gasteiger charge is 2.42. The first kappa shape index (κ1) is 26.0. The van der Waals surface area contributed by atoms with Gasteiger partial charge in [-0.25, -0.2) is 4.39 Å².